The van der Waals surface area contributed by atoms with Crippen LogP contribution in [0, 0.1) is 6.92 Å². The molecule has 0 unspecified atom stereocenters. The number of aromatic nitrogens is 2. The molecular formula is C17H18IN5O3. The number of benzene rings is 2. The Labute approximate surface area is 164 Å². The predicted octanol–water partition coefficient (Wildman–Crippen LogP) is 3.16. The van der Waals surface area contributed by atoms with Crippen LogP contribution in [0.1, 0.15) is 11.1 Å². The van der Waals surface area contributed by atoms with Crippen LogP contribution in [0.2, 0.25) is 0 Å². The van der Waals surface area contributed by atoms with Crippen molar-refractivity contribution in [2.45, 2.75) is 13.5 Å². The molecule has 0 aliphatic rings. The average Bonchev–Trinajstić information content (AvgIpc) is 2.60. The number of aromatic hydroxyl groups is 1. The molecule has 0 aliphatic heterocycles. The number of hydrogen-bond donors (Lipinski definition) is 4. The Hall–Kier alpha value is -2.69. The van der Waals surface area contributed by atoms with Crippen LogP contribution in [0.3, 0.4) is 0 Å². The monoisotopic (exact) mass is 467 g/mol. The van der Waals surface area contributed by atoms with Gasteiger partial charge in [0.1, 0.15) is 5.82 Å². The van der Waals surface area contributed by atoms with Gasteiger partial charge in [0, 0.05) is 29.8 Å². The van der Waals surface area contributed by atoms with Crippen molar-refractivity contribution in [2.24, 2.45) is 0 Å². The second-order valence-electron chi connectivity index (χ2n) is 5.67. The lowest BCUT2D eigenvalue weighted by molar-refractivity contribution is 0.390. The molecule has 8 nitrogen and oxygen atoms in total. The number of hydrogen-bond acceptors (Lipinski definition) is 8. The highest BCUT2D eigenvalue weighted by atomic mass is 127. The zero-order valence-corrected chi connectivity index (χ0v) is 16.4. The zero-order chi connectivity index (χ0) is 18.8. The minimum absolute atomic E-state index is 0.00963. The quantitative estimate of drug-likeness (QED) is 0.422. The van der Waals surface area contributed by atoms with Gasteiger partial charge in [0.25, 0.3) is 0 Å². The van der Waals surface area contributed by atoms with Gasteiger partial charge in [-0.25, -0.2) is 4.98 Å². The van der Waals surface area contributed by atoms with Gasteiger partial charge in [-0.1, -0.05) is 6.07 Å². The molecule has 9 heteroatoms. The summed E-state index contributed by atoms with van der Waals surface area (Å²) in [4.78, 5) is 8.25. The molecule has 1 heterocycles. The number of ether oxygens (including phenoxy) is 1. The van der Waals surface area contributed by atoms with Crippen molar-refractivity contribution in [3.63, 3.8) is 0 Å². The van der Waals surface area contributed by atoms with Gasteiger partial charge in [0.05, 0.1) is 12.6 Å². The molecule has 0 amide bonds. The van der Waals surface area contributed by atoms with E-state index in [2.05, 4.69) is 15.3 Å². The fraction of sp³-hybridized carbons (Fsp3) is 0.176. The number of aryl methyl sites for hydroxylation is 1. The maximum absolute atomic E-state index is 10.1. The van der Waals surface area contributed by atoms with E-state index in [0.717, 1.165) is 16.5 Å². The van der Waals surface area contributed by atoms with Crippen molar-refractivity contribution in [1.82, 2.24) is 9.97 Å². The molecule has 0 aliphatic carbocycles. The van der Waals surface area contributed by atoms with Gasteiger partial charge in [0.2, 0.25) is 11.7 Å². The van der Waals surface area contributed by atoms with Crippen LogP contribution in [-0.2, 0) is 6.54 Å². The molecule has 0 fully saturated rings. The maximum atomic E-state index is 10.1. The number of phenols is 1. The molecule has 0 radical (unpaired) electrons. The molecule has 0 bridgehead atoms. The van der Waals surface area contributed by atoms with Gasteiger partial charge in [-0.2, -0.15) is 4.98 Å². The summed E-state index contributed by atoms with van der Waals surface area (Å²) in [7, 11) is 1.51. The summed E-state index contributed by atoms with van der Waals surface area (Å²) < 4.78 is 10.3. The number of nitrogen functional groups attached to an aromatic ring is 2. The Morgan fingerprint density at radius 2 is 2.00 bits per heavy atom. The summed E-state index contributed by atoms with van der Waals surface area (Å²) in [5, 5.41) is 14.1. The van der Waals surface area contributed by atoms with Gasteiger partial charge < -0.3 is 29.7 Å². The van der Waals surface area contributed by atoms with Crippen LogP contribution in [0.4, 0.5) is 17.5 Å². The third kappa shape index (κ3) is 3.34. The largest absolute Gasteiger partial charge is 0.504 e. The van der Waals surface area contributed by atoms with E-state index in [0.29, 0.717) is 29.3 Å². The van der Waals surface area contributed by atoms with Crippen LogP contribution in [0.5, 0.6) is 17.2 Å². The van der Waals surface area contributed by atoms with Crippen molar-refractivity contribution in [2.75, 3.05) is 23.9 Å². The Morgan fingerprint density at radius 1 is 1.23 bits per heavy atom. The highest BCUT2D eigenvalue weighted by Crippen LogP contribution is 2.40. The van der Waals surface area contributed by atoms with E-state index in [4.69, 9.17) is 19.3 Å². The van der Waals surface area contributed by atoms with Crippen LogP contribution >= 0.6 is 23.0 Å². The fourth-order valence-electron chi connectivity index (χ4n) is 2.79. The van der Waals surface area contributed by atoms with E-state index in [1.807, 2.05) is 19.1 Å². The van der Waals surface area contributed by atoms with Crippen LogP contribution < -0.4 is 24.6 Å². The molecule has 3 rings (SSSR count). The molecule has 2 aromatic carbocycles. The third-order valence-corrected chi connectivity index (χ3v) is 4.54. The SMILES string of the molecule is COc1cc(NCc2ccc3nc(N)nc(N)c3c2C)cc(O)c1OI. The van der Waals surface area contributed by atoms with Crippen molar-refractivity contribution in [3.05, 3.63) is 35.4 Å². The number of methoxy groups -OCH3 is 1. The number of nitrogens with one attached hydrogen (secondary N) is 1. The summed E-state index contributed by atoms with van der Waals surface area (Å²) in [6.45, 7) is 2.47. The average molecular weight is 467 g/mol. The standard InChI is InChI=1S/C17H18IN5O3/c1-8-9(3-4-11-14(8)16(19)23-17(20)22-11)7-21-10-5-12(24)15(26-18)13(6-10)25-2/h3-6,21,24H,7H2,1-2H3,(H4,19,20,22,23). The minimum Gasteiger partial charge on any atom is -0.504 e. The number of phenolic OH excluding ortho intramolecular Hbond substituents is 1. The first-order valence-corrected chi connectivity index (χ1v) is 8.57. The Morgan fingerprint density at radius 3 is 2.69 bits per heavy atom. The van der Waals surface area contributed by atoms with E-state index < -0.39 is 0 Å². The summed E-state index contributed by atoms with van der Waals surface area (Å²) in [6.07, 6.45) is 0. The molecule has 1 aromatic heterocycles. The molecule has 0 saturated heterocycles. The normalized spacial score (nSPS) is 10.7. The number of halogens is 1. The first-order valence-electron chi connectivity index (χ1n) is 7.69. The van der Waals surface area contributed by atoms with Crippen LogP contribution in [0.15, 0.2) is 24.3 Å². The van der Waals surface area contributed by atoms with E-state index in [9.17, 15) is 5.11 Å². The zero-order valence-electron chi connectivity index (χ0n) is 14.2. The van der Waals surface area contributed by atoms with Gasteiger partial charge >= 0.3 is 0 Å². The Kier molecular flexibility index (Phi) is 5.07. The molecule has 0 spiro atoms. The van der Waals surface area contributed by atoms with E-state index >= 15 is 0 Å². The van der Waals surface area contributed by atoms with Gasteiger partial charge in [-0.3, -0.25) is 0 Å². The van der Waals surface area contributed by atoms with Crippen LogP contribution in [0.25, 0.3) is 10.9 Å². The van der Waals surface area contributed by atoms with Gasteiger partial charge in [0.15, 0.2) is 34.5 Å². The maximum Gasteiger partial charge on any atom is 0.222 e. The van der Waals surface area contributed by atoms with Crippen LogP contribution in [-0.4, -0.2) is 22.2 Å². The highest BCUT2D eigenvalue weighted by Gasteiger charge is 2.13. The van der Waals surface area contributed by atoms with Crippen molar-refractivity contribution < 1.29 is 12.9 Å². The number of rotatable bonds is 5. The third-order valence-electron chi connectivity index (χ3n) is 4.10. The predicted molar refractivity (Wildman–Crippen MR) is 110 cm³/mol. The lowest BCUT2D eigenvalue weighted by Gasteiger charge is -2.14. The Balaban J connectivity index is 1.91. The molecule has 3 aromatic rings. The fourth-order valence-corrected chi connectivity index (χ4v) is 3.23. The minimum atomic E-state index is -0.00963. The summed E-state index contributed by atoms with van der Waals surface area (Å²) in [5.41, 5.74) is 15.0. The molecule has 6 N–H and O–H groups in total. The molecule has 0 atom stereocenters. The van der Waals surface area contributed by atoms with Crippen molar-refractivity contribution in [3.8, 4) is 17.2 Å². The summed E-state index contributed by atoms with van der Waals surface area (Å²) >= 11 is 1.69. The van der Waals surface area contributed by atoms with E-state index in [1.54, 1.807) is 35.1 Å². The number of anilines is 3. The first kappa shape index (κ1) is 18.1. The topological polar surface area (TPSA) is 129 Å². The lowest BCUT2D eigenvalue weighted by atomic mass is 10.0. The van der Waals surface area contributed by atoms with Crippen molar-refractivity contribution >= 4 is 51.4 Å². The number of fused-ring (bicyclic) bond motifs is 1. The van der Waals surface area contributed by atoms with Crippen molar-refractivity contribution in [1.29, 1.82) is 0 Å². The van der Waals surface area contributed by atoms with E-state index in [1.165, 1.54) is 7.11 Å². The van der Waals surface area contributed by atoms with Gasteiger partial charge in [-0.15, -0.1) is 0 Å². The van der Waals surface area contributed by atoms with Gasteiger partial charge in [-0.05, 0) is 24.1 Å². The van der Waals surface area contributed by atoms with E-state index in [-0.39, 0.29) is 17.4 Å². The number of nitrogens with zero attached hydrogens (tertiary/aromatic N) is 2. The molecule has 136 valence electrons. The summed E-state index contributed by atoms with van der Waals surface area (Å²) in [5.74, 6) is 1.22. The summed E-state index contributed by atoms with van der Waals surface area (Å²) in [6, 6.07) is 7.14. The second kappa shape index (κ2) is 7.28. The second-order valence-corrected chi connectivity index (χ2v) is 6.11. The first-order chi connectivity index (χ1) is 12.4. The molecule has 0 saturated carbocycles. The molecular weight excluding hydrogens is 449 g/mol. The lowest BCUT2D eigenvalue weighted by Crippen LogP contribution is -2.05. The number of nitrogens with two attached hydrogens (primary N) is 2. The molecule has 26 heavy (non-hydrogen) atoms. The smallest absolute Gasteiger partial charge is 0.222 e. The highest BCUT2D eigenvalue weighted by molar-refractivity contribution is 14.1. The Bertz CT molecular complexity index is 981.